The number of aryl methyl sites for hydroxylation is 1. The van der Waals surface area contributed by atoms with Gasteiger partial charge in [-0.2, -0.15) is 8.42 Å². The summed E-state index contributed by atoms with van der Waals surface area (Å²) in [7, 11) is -4.00. The van der Waals surface area contributed by atoms with Crippen molar-refractivity contribution in [2.24, 2.45) is 0 Å². The minimum absolute atomic E-state index is 0.0856. The fourth-order valence-corrected chi connectivity index (χ4v) is 1.96. The van der Waals surface area contributed by atoms with E-state index in [1.165, 1.54) is 6.07 Å². The maximum atomic E-state index is 11.5. The molecule has 0 aliphatic carbocycles. The lowest BCUT2D eigenvalue weighted by Crippen LogP contribution is -2.35. The molecule has 0 spiro atoms. The van der Waals surface area contributed by atoms with E-state index in [1.807, 2.05) is 0 Å². The van der Waals surface area contributed by atoms with Crippen molar-refractivity contribution in [3.05, 3.63) is 23.8 Å². The molecule has 0 atom stereocenters. The number of ether oxygens (including phenoxy) is 1. The minimum atomic E-state index is -4.00. The van der Waals surface area contributed by atoms with Crippen LogP contribution in [0.5, 0.6) is 0 Å². The fourth-order valence-electron chi connectivity index (χ4n) is 1.19. The molecule has 1 aromatic rings. The molecule has 0 unspecified atom stereocenters. The monoisotopic (exact) mass is 273 g/mol. The Labute approximate surface area is 106 Å². The highest BCUT2D eigenvalue weighted by molar-refractivity contribution is 7.91. The predicted molar refractivity (Wildman–Crippen MR) is 68.3 cm³/mol. The summed E-state index contributed by atoms with van der Waals surface area (Å²) in [6.07, 6.45) is -1.03. The van der Waals surface area contributed by atoms with Crippen molar-refractivity contribution in [2.75, 3.05) is 17.1 Å². The smallest absolute Gasteiger partial charge is 0.422 e. The van der Waals surface area contributed by atoms with Crippen molar-refractivity contribution in [1.82, 2.24) is 4.72 Å². The summed E-state index contributed by atoms with van der Waals surface area (Å²) in [6, 6.07) is 4.62. The third-order valence-electron chi connectivity index (χ3n) is 2.02. The standard InChI is InChI=1S/C10H15N3O4S/c1-3-17-10(14)13-18(15,16)12-8-4-5-9(11)7(2)6-8/h4-6,12H,3,11H2,1-2H3,(H,13,14). The third-order valence-corrected chi connectivity index (χ3v) is 2.95. The first-order chi connectivity index (χ1) is 8.34. The van der Waals surface area contributed by atoms with Crippen LogP contribution in [0.25, 0.3) is 0 Å². The van der Waals surface area contributed by atoms with Crippen LogP contribution in [-0.2, 0) is 14.9 Å². The van der Waals surface area contributed by atoms with Crippen LogP contribution in [0.1, 0.15) is 12.5 Å². The Bertz CT molecular complexity index is 542. The van der Waals surface area contributed by atoms with Crippen LogP contribution in [0.4, 0.5) is 16.2 Å². The first kappa shape index (κ1) is 14.1. The second-order valence-electron chi connectivity index (χ2n) is 3.50. The van der Waals surface area contributed by atoms with Crippen molar-refractivity contribution in [1.29, 1.82) is 0 Å². The fraction of sp³-hybridized carbons (Fsp3) is 0.300. The Morgan fingerprint density at radius 3 is 2.67 bits per heavy atom. The first-order valence-electron chi connectivity index (χ1n) is 5.17. The van der Waals surface area contributed by atoms with Crippen LogP contribution < -0.4 is 15.2 Å². The number of anilines is 2. The van der Waals surface area contributed by atoms with E-state index in [0.29, 0.717) is 11.4 Å². The van der Waals surface area contributed by atoms with Gasteiger partial charge in [0.2, 0.25) is 0 Å². The van der Waals surface area contributed by atoms with Gasteiger partial charge in [0.05, 0.1) is 12.3 Å². The number of amides is 1. The van der Waals surface area contributed by atoms with Gasteiger partial charge in [-0.05, 0) is 37.6 Å². The van der Waals surface area contributed by atoms with E-state index in [2.05, 4.69) is 9.46 Å². The van der Waals surface area contributed by atoms with Crippen LogP contribution in [-0.4, -0.2) is 21.1 Å². The molecule has 1 aromatic carbocycles. The highest BCUT2D eigenvalue weighted by Crippen LogP contribution is 2.17. The first-order valence-corrected chi connectivity index (χ1v) is 6.66. The normalized spacial score (nSPS) is 10.8. The van der Waals surface area contributed by atoms with Gasteiger partial charge in [0.1, 0.15) is 0 Å². The number of nitrogens with two attached hydrogens (primary N) is 1. The number of carbonyl (C=O) groups excluding carboxylic acids is 1. The molecule has 0 aliphatic heterocycles. The summed E-state index contributed by atoms with van der Waals surface area (Å²) in [4.78, 5) is 11.0. The summed E-state index contributed by atoms with van der Waals surface area (Å²) in [6.45, 7) is 3.40. The zero-order chi connectivity index (χ0) is 13.8. The molecule has 100 valence electrons. The SMILES string of the molecule is CCOC(=O)NS(=O)(=O)Nc1ccc(N)c(C)c1. The molecular weight excluding hydrogens is 258 g/mol. The van der Waals surface area contributed by atoms with Gasteiger partial charge in [-0.15, -0.1) is 0 Å². The largest absolute Gasteiger partial charge is 0.449 e. The zero-order valence-electron chi connectivity index (χ0n) is 10.1. The highest BCUT2D eigenvalue weighted by atomic mass is 32.2. The molecule has 1 rings (SSSR count). The van der Waals surface area contributed by atoms with Gasteiger partial charge >= 0.3 is 16.3 Å². The van der Waals surface area contributed by atoms with Gasteiger partial charge < -0.3 is 10.5 Å². The third kappa shape index (κ3) is 4.13. The number of rotatable bonds is 4. The van der Waals surface area contributed by atoms with Crippen molar-refractivity contribution in [2.45, 2.75) is 13.8 Å². The Morgan fingerprint density at radius 1 is 1.44 bits per heavy atom. The van der Waals surface area contributed by atoms with Gasteiger partial charge in [0.15, 0.2) is 0 Å². The molecule has 0 saturated heterocycles. The van der Waals surface area contributed by atoms with Gasteiger partial charge in [-0.25, -0.2) is 9.52 Å². The van der Waals surface area contributed by atoms with E-state index in [0.717, 1.165) is 5.56 Å². The van der Waals surface area contributed by atoms with Gasteiger partial charge in [-0.3, -0.25) is 4.72 Å². The van der Waals surface area contributed by atoms with E-state index in [1.54, 1.807) is 30.7 Å². The summed E-state index contributed by atoms with van der Waals surface area (Å²) < 4.78 is 31.4. The molecule has 0 bridgehead atoms. The summed E-state index contributed by atoms with van der Waals surface area (Å²) in [5, 5.41) is 0. The van der Waals surface area contributed by atoms with Crippen LogP contribution in [0, 0.1) is 6.92 Å². The molecule has 8 heteroatoms. The summed E-state index contributed by atoms with van der Waals surface area (Å²) in [5.74, 6) is 0. The lowest BCUT2D eigenvalue weighted by atomic mass is 10.2. The molecule has 0 aliphatic rings. The summed E-state index contributed by atoms with van der Waals surface area (Å²) in [5.41, 5.74) is 7.19. The Morgan fingerprint density at radius 2 is 2.11 bits per heavy atom. The van der Waals surface area contributed by atoms with Crippen LogP contribution in [0.3, 0.4) is 0 Å². The van der Waals surface area contributed by atoms with Crippen molar-refractivity contribution < 1.29 is 17.9 Å². The number of benzene rings is 1. The molecule has 18 heavy (non-hydrogen) atoms. The van der Waals surface area contributed by atoms with Crippen molar-refractivity contribution >= 4 is 27.7 Å². The maximum absolute atomic E-state index is 11.5. The molecule has 0 aromatic heterocycles. The van der Waals surface area contributed by atoms with E-state index < -0.39 is 16.3 Å². The molecule has 0 radical (unpaired) electrons. The second kappa shape index (κ2) is 5.58. The zero-order valence-corrected chi connectivity index (χ0v) is 10.9. The minimum Gasteiger partial charge on any atom is -0.449 e. The molecule has 4 N–H and O–H groups in total. The van der Waals surface area contributed by atoms with Gasteiger partial charge in [0, 0.05) is 5.69 Å². The van der Waals surface area contributed by atoms with Crippen LogP contribution >= 0.6 is 0 Å². The van der Waals surface area contributed by atoms with E-state index in [4.69, 9.17) is 5.73 Å². The van der Waals surface area contributed by atoms with Gasteiger partial charge in [-0.1, -0.05) is 0 Å². The lowest BCUT2D eigenvalue weighted by Gasteiger charge is -2.10. The average Bonchev–Trinajstić information content (AvgIpc) is 2.22. The molecule has 1 amide bonds. The topological polar surface area (TPSA) is 111 Å². The Hall–Kier alpha value is -1.96. The summed E-state index contributed by atoms with van der Waals surface area (Å²) >= 11 is 0. The van der Waals surface area contributed by atoms with Gasteiger partial charge in [0.25, 0.3) is 0 Å². The van der Waals surface area contributed by atoms with Crippen molar-refractivity contribution in [3.8, 4) is 0 Å². The second-order valence-corrected chi connectivity index (χ2v) is 4.91. The number of carbonyl (C=O) groups is 1. The average molecular weight is 273 g/mol. The maximum Gasteiger partial charge on any atom is 0.422 e. The number of hydrogen-bond acceptors (Lipinski definition) is 5. The quantitative estimate of drug-likeness (QED) is 0.708. The molecule has 0 saturated carbocycles. The molecule has 0 heterocycles. The Kier molecular flexibility index (Phi) is 4.38. The molecule has 7 nitrogen and oxygen atoms in total. The lowest BCUT2D eigenvalue weighted by molar-refractivity contribution is 0.159. The van der Waals surface area contributed by atoms with Crippen LogP contribution in [0.2, 0.25) is 0 Å². The van der Waals surface area contributed by atoms with E-state index >= 15 is 0 Å². The van der Waals surface area contributed by atoms with Crippen molar-refractivity contribution in [3.63, 3.8) is 0 Å². The van der Waals surface area contributed by atoms with E-state index in [9.17, 15) is 13.2 Å². The Balaban J connectivity index is 2.76. The number of nitrogens with one attached hydrogen (secondary N) is 2. The molecule has 0 fully saturated rings. The number of nitrogen functional groups attached to an aromatic ring is 1. The highest BCUT2D eigenvalue weighted by Gasteiger charge is 2.15. The van der Waals surface area contributed by atoms with Crippen LogP contribution in [0.15, 0.2) is 18.2 Å². The number of hydrogen-bond donors (Lipinski definition) is 3. The predicted octanol–water partition coefficient (Wildman–Crippen LogP) is 0.980. The molecular formula is C10H15N3O4S. The van der Waals surface area contributed by atoms with E-state index in [-0.39, 0.29) is 6.61 Å².